The van der Waals surface area contributed by atoms with Crippen molar-refractivity contribution < 1.29 is 9.53 Å². The summed E-state index contributed by atoms with van der Waals surface area (Å²) in [7, 11) is 1.64. The van der Waals surface area contributed by atoms with Crippen LogP contribution in [0.5, 0.6) is 5.75 Å². The molecule has 0 aliphatic heterocycles. The minimum absolute atomic E-state index is 0.0677. The van der Waals surface area contributed by atoms with Gasteiger partial charge in [-0.1, -0.05) is 12.8 Å². The number of thioether (sulfide) groups is 1. The third kappa shape index (κ3) is 3.90. The van der Waals surface area contributed by atoms with E-state index in [-0.39, 0.29) is 11.4 Å². The molecule has 1 aromatic rings. The molecule has 0 saturated heterocycles. The smallest absolute Gasteiger partial charge is 0.230 e. The molecule has 20 heavy (non-hydrogen) atoms. The Kier molecular flexibility index (Phi) is 5.31. The van der Waals surface area contributed by atoms with Gasteiger partial charge in [0.25, 0.3) is 0 Å². The van der Waals surface area contributed by atoms with Gasteiger partial charge in [0, 0.05) is 11.4 Å². The van der Waals surface area contributed by atoms with Crippen molar-refractivity contribution in [2.75, 3.05) is 19.4 Å². The van der Waals surface area contributed by atoms with E-state index in [9.17, 15) is 4.79 Å². The Labute approximate surface area is 124 Å². The van der Waals surface area contributed by atoms with Crippen molar-refractivity contribution in [2.24, 2.45) is 5.73 Å². The van der Waals surface area contributed by atoms with Crippen molar-refractivity contribution in [3.63, 3.8) is 0 Å². The van der Waals surface area contributed by atoms with Gasteiger partial charge in [0.1, 0.15) is 5.75 Å². The first-order valence-electron chi connectivity index (χ1n) is 6.95. The standard InChI is InChI=1S/C15H22N2O2S/c1-19-12-4-6-13(7-5-12)20-10-14(18)17-15(11-16)8-2-3-9-15/h4-7H,2-3,8-11,16H2,1H3,(H,17,18). The lowest BCUT2D eigenvalue weighted by Crippen LogP contribution is -2.52. The number of ether oxygens (including phenoxy) is 1. The highest BCUT2D eigenvalue weighted by Gasteiger charge is 2.33. The monoisotopic (exact) mass is 294 g/mol. The molecule has 1 saturated carbocycles. The molecule has 1 fully saturated rings. The maximum atomic E-state index is 12.0. The molecule has 2 rings (SSSR count). The second-order valence-corrected chi connectivity index (χ2v) is 6.25. The van der Waals surface area contributed by atoms with Gasteiger partial charge in [-0.3, -0.25) is 4.79 Å². The zero-order valence-corrected chi connectivity index (χ0v) is 12.7. The third-order valence-electron chi connectivity index (χ3n) is 3.79. The predicted octanol–water partition coefficient (Wildman–Crippen LogP) is 2.17. The van der Waals surface area contributed by atoms with Crippen LogP contribution in [-0.4, -0.2) is 30.9 Å². The van der Waals surface area contributed by atoms with Crippen molar-refractivity contribution in [1.82, 2.24) is 5.32 Å². The van der Waals surface area contributed by atoms with Crippen LogP contribution in [0.15, 0.2) is 29.2 Å². The minimum Gasteiger partial charge on any atom is -0.497 e. The topological polar surface area (TPSA) is 64.3 Å². The van der Waals surface area contributed by atoms with Crippen LogP contribution < -0.4 is 15.8 Å². The molecule has 0 unspecified atom stereocenters. The lowest BCUT2D eigenvalue weighted by molar-refractivity contribution is -0.120. The molecule has 1 aromatic carbocycles. The first-order chi connectivity index (χ1) is 9.67. The Morgan fingerprint density at radius 3 is 2.55 bits per heavy atom. The number of amides is 1. The number of rotatable bonds is 6. The zero-order valence-electron chi connectivity index (χ0n) is 11.9. The van der Waals surface area contributed by atoms with Gasteiger partial charge in [-0.05, 0) is 37.1 Å². The van der Waals surface area contributed by atoms with Crippen LogP contribution in [0.25, 0.3) is 0 Å². The number of hydrogen-bond acceptors (Lipinski definition) is 4. The van der Waals surface area contributed by atoms with Crippen LogP contribution in [0, 0.1) is 0 Å². The minimum atomic E-state index is -0.155. The number of nitrogens with one attached hydrogen (secondary N) is 1. The molecule has 3 N–H and O–H groups in total. The fourth-order valence-corrected chi connectivity index (χ4v) is 3.28. The number of benzene rings is 1. The summed E-state index contributed by atoms with van der Waals surface area (Å²) < 4.78 is 5.11. The maximum Gasteiger partial charge on any atom is 0.230 e. The maximum absolute atomic E-state index is 12.0. The van der Waals surface area contributed by atoms with Crippen LogP contribution in [0.1, 0.15) is 25.7 Å². The number of carbonyl (C=O) groups is 1. The Morgan fingerprint density at radius 2 is 2.00 bits per heavy atom. The molecule has 1 aliphatic carbocycles. The number of methoxy groups -OCH3 is 1. The fourth-order valence-electron chi connectivity index (χ4n) is 2.58. The van der Waals surface area contributed by atoms with Crippen molar-refractivity contribution in [3.8, 4) is 5.75 Å². The van der Waals surface area contributed by atoms with Gasteiger partial charge in [0.2, 0.25) is 5.91 Å². The van der Waals surface area contributed by atoms with E-state index >= 15 is 0 Å². The molecule has 110 valence electrons. The molecule has 1 aliphatic rings. The van der Waals surface area contributed by atoms with Gasteiger partial charge >= 0.3 is 0 Å². The molecule has 0 spiro atoms. The first kappa shape index (κ1) is 15.2. The third-order valence-corrected chi connectivity index (χ3v) is 4.80. The van der Waals surface area contributed by atoms with Crippen molar-refractivity contribution >= 4 is 17.7 Å². The number of nitrogens with two attached hydrogens (primary N) is 1. The van der Waals surface area contributed by atoms with Gasteiger partial charge in [0.15, 0.2) is 0 Å². The van der Waals surface area contributed by atoms with E-state index in [1.807, 2.05) is 24.3 Å². The molecule has 0 radical (unpaired) electrons. The van der Waals surface area contributed by atoms with E-state index in [4.69, 9.17) is 10.5 Å². The van der Waals surface area contributed by atoms with E-state index in [0.717, 1.165) is 36.3 Å². The Morgan fingerprint density at radius 1 is 1.35 bits per heavy atom. The molecular weight excluding hydrogens is 272 g/mol. The molecule has 0 aromatic heterocycles. The van der Waals surface area contributed by atoms with Crippen LogP contribution >= 0.6 is 11.8 Å². The average Bonchev–Trinajstić information content (AvgIpc) is 2.95. The summed E-state index contributed by atoms with van der Waals surface area (Å²) in [6.07, 6.45) is 4.32. The van der Waals surface area contributed by atoms with Gasteiger partial charge < -0.3 is 15.8 Å². The van der Waals surface area contributed by atoms with E-state index < -0.39 is 0 Å². The SMILES string of the molecule is COc1ccc(SCC(=O)NC2(CN)CCCC2)cc1. The van der Waals surface area contributed by atoms with Crippen molar-refractivity contribution in [3.05, 3.63) is 24.3 Å². The van der Waals surface area contributed by atoms with E-state index in [0.29, 0.717) is 12.3 Å². The molecule has 1 amide bonds. The van der Waals surface area contributed by atoms with Crippen molar-refractivity contribution in [1.29, 1.82) is 0 Å². The van der Waals surface area contributed by atoms with Gasteiger partial charge in [-0.2, -0.15) is 0 Å². The summed E-state index contributed by atoms with van der Waals surface area (Å²) in [6, 6.07) is 7.73. The number of carbonyl (C=O) groups excluding carboxylic acids is 1. The molecule has 0 heterocycles. The van der Waals surface area contributed by atoms with Crippen LogP contribution in [0.2, 0.25) is 0 Å². The second kappa shape index (κ2) is 6.99. The fraction of sp³-hybridized carbons (Fsp3) is 0.533. The van der Waals surface area contributed by atoms with Crippen molar-refractivity contribution in [2.45, 2.75) is 36.1 Å². The molecule has 0 bridgehead atoms. The molecule has 5 heteroatoms. The molecule has 0 atom stereocenters. The Bertz CT molecular complexity index is 442. The highest BCUT2D eigenvalue weighted by molar-refractivity contribution is 8.00. The van der Waals surface area contributed by atoms with Gasteiger partial charge in [-0.25, -0.2) is 0 Å². The summed E-state index contributed by atoms with van der Waals surface area (Å²) in [5, 5.41) is 3.13. The molecule has 4 nitrogen and oxygen atoms in total. The Hall–Kier alpha value is -1.20. The highest BCUT2D eigenvalue weighted by Crippen LogP contribution is 2.29. The average molecular weight is 294 g/mol. The Balaban J connectivity index is 1.82. The number of hydrogen-bond donors (Lipinski definition) is 2. The van der Waals surface area contributed by atoms with Crippen LogP contribution in [-0.2, 0) is 4.79 Å². The van der Waals surface area contributed by atoms with Gasteiger partial charge in [0.05, 0.1) is 18.4 Å². The first-order valence-corrected chi connectivity index (χ1v) is 7.94. The lowest BCUT2D eigenvalue weighted by atomic mass is 9.98. The van der Waals surface area contributed by atoms with E-state index in [1.165, 1.54) is 11.8 Å². The predicted molar refractivity (Wildman–Crippen MR) is 82.1 cm³/mol. The quantitative estimate of drug-likeness (QED) is 0.789. The summed E-state index contributed by atoms with van der Waals surface area (Å²) in [5.74, 6) is 1.32. The van der Waals surface area contributed by atoms with E-state index in [2.05, 4.69) is 5.32 Å². The van der Waals surface area contributed by atoms with Gasteiger partial charge in [-0.15, -0.1) is 11.8 Å². The summed E-state index contributed by atoms with van der Waals surface area (Å²) in [6.45, 7) is 0.534. The van der Waals surface area contributed by atoms with Crippen LogP contribution in [0.3, 0.4) is 0 Å². The van der Waals surface area contributed by atoms with Crippen LogP contribution in [0.4, 0.5) is 0 Å². The largest absolute Gasteiger partial charge is 0.497 e. The summed E-state index contributed by atoms with van der Waals surface area (Å²) in [4.78, 5) is 13.1. The summed E-state index contributed by atoms with van der Waals surface area (Å²) >= 11 is 1.53. The summed E-state index contributed by atoms with van der Waals surface area (Å²) in [5.41, 5.74) is 5.67. The highest BCUT2D eigenvalue weighted by atomic mass is 32.2. The van der Waals surface area contributed by atoms with E-state index in [1.54, 1.807) is 7.11 Å². The normalized spacial score (nSPS) is 16.9. The molecular formula is C15H22N2O2S. The zero-order chi connectivity index (χ0) is 14.4. The lowest BCUT2D eigenvalue weighted by Gasteiger charge is -2.28. The second-order valence-electron chi connectivity index (χ2n) is 5.20.